The molecule has 0 saturated heterocycles. The molecule has 4 nitrogen and oxygen atoms in total. The molecule has 0 fully saturated rings. The van der Waals surface area contributed by atoms with Gasteiger partial charge in [-0.3, -0.25) is 4.79 Å². The molecule has 0 aliphatic heterocycles. The highest BCUT2D eigenvalue weighted by Gasteiger charge is 2.45. The van der Waals surface area contributed by atoms with Crippen LogP contribution in [-0.2, 0) is 9.59 Å². The molecule has 0 radical (unpaired) electrons. The summed E-state index contributed by atoms with van der Waals surface area (Å²) in [4.78, 5) is 21.9. The molecule has 0 rings (SSSR count). The fourth-order valence-electron chi connectivity index (χ4n) is 1.34. The summed E-state index contributed by atoms with van der Waals surface area (Å²) >= 11 is 0. The highest BCUT2D eigenvalue weighted by molar-refractivity contribution is 5.87. The number of carboxylic acid groups (broad SMARTS) is 1. The monoisotopic (exact) mass is 241 g/mol. The number of rotatable bonds is 4. The number of hydrogen-bond donors (Lipinski definition) is 1. The molecule has 0 aliphatic carbocycles. The van der Waals surface area contributed by atoms with Gasteiger partial charge in [-0.05, 0) is 5.92 Å². The Balaban J connectivity index is 4.96. The number of carbonyl (C=O) groups is 2. The minimum Gasteiger partial charge on any atom is -0.480 e. The van der Waals surface area contributed by atoms with E-state index in [1.54, 1.807) is 6.92 Å². The van der Waals surface area contributed by atoms with Crippen molar-refractivity contribution in [3.05, 3.63) is 0 Å². The number of carboxylic acids is 1. The van der Waals surface area contributed by atoms with Crippen molar-refractivity contribution >= 4 is 11.9 Å². The predicted molar refractivity (Wildman–Crippen MR) is 49.7 cm³/mol. The summed E-state index contributed by atoms with van der Waals surface area (Å²) < 4.78 is 36.3. The summed E-state index contributed by atoms with van der Waals surface area (Å²) in [6.07, 6.45) is -4.68. The lowest BCUT2D eigenvalue weighted by Gasteiger charge is -2.29. The zero-order chi connectivity index (χ0) is 13.1. The maximum absolute atomic E-state index is 12.1. The van der Waals surface area contributed by atoms with Gasteiger partial charge in [0.25, 0.3) is 0 Å². The Morgan fingerprint density at radius 1 is 1.38 bits per heavy atom. The highest BCUT2D eigenvalue weighted by Crippen LogP contribution is 2.22. The summed E-state index contributed by atoms with van der Waals surface area (Å²) in [5.41, 5.74) is 0. The standard InChI is InChI=1S/C9H14F3NO3/c1-4-5(2)6(7(14)15)13(3)8(16)9(10,11)12/h5-6H,4H2,1-3H3,(H,14,15). The number of nitrogens with zero attached hydrogens (tertiary/aromatic N) is 1. The molecule has 2 atom stereocenters. The van der Waals surface area contributed by atoms with Crippen LogP contribution in [0.5, 0.6) is 0 Å². The first-order valence-electron chi connectivity index (χ1n) is 4.69. The van der Waals surface area contributed by atoms with Gasteiger partial charge in [-0.2, -0.15) is 13.2 Å². The molecule has 0 aromatic carbocycles. The summed E-state index contributed by atoms with van der Waals surface area (Å²) in [5, 5.41) is 8.80. The van der Waals surface area contributed by atoms with Crippen LogP contribution in [0.2, 0.25) is 0 Å². The van der Waals surface area contributed by atoms with Gasteiger partial charge in [0.15, 0.2) is 0 Å². The second-order valence-corrected chi connectivity index (χ2v) is 3.58. The van der Waals surface area contributed by atoms with Crippen LogP contribution in [-0.4, -0.2) is 41.1 Å². The summed E-state index contributed by atoms with van der Waals surface area (Å²) in [7, 11) is 0.848. The van der Waals surface area contributed by atoms with Crippen molar-refractivity contribution in [1.82, 2.24) is 4.90 Å². The van der Waals surface area contributed by atoms with Gasteiger partial charge in [0, 0.05) is 7.05 Å². The number of aliphatic carboxylic acids is 1. The van der Waals surface area contributed by atoms with Crippen LogP contribution in [0.4, 0.5) is 13.2 Å². The molecule has 0 bridgehead atoms. The van der Waals surface area contributed by atoms with Gasteiger partial charge in [-0.1, -0.05) is 20.3 Å². The van der Waals surface area contributed by atoms with Crippen molar-refractivity contribution in [2.24, 2.45) is 5.92 Å². The van der Waals surface area contributed by atoms with E-state index in [4.69, 9.17) is 5.11 Å². The van der Waals surface area contributed by atoms with Crippen LogP contribution in [0.25, 0.3) is 0 Å². The van der Waals surface area contributed by atoms with Crippen LogP contribution in [0.1, 0.15) is 20.3 Å². The molecule has 0 saturated carbocycles. The Bertz CT molecular complexity index is 278. The van der Waals surface area contributed by atoms with E-state index in [9.17, 15) is 22.8 Å². The van der Waals surface area contributed by atoms with Crippen molar-refractivity contribution in [2.45, 2.75) is 32.5 Å². The van der Waals surface area contributed by atoms with Crippen molar-refractivity contribution in [2.75, 3.05) is 7.05 Å². The van der Waals surface area contributed by atoms with E-state index in [1.165, 1.54) is 6.92 Å². The lowest BCUT2D eigenvalue weighted by atomic mass is 9.98. The Hall–Kier alpha value is -1.27. The SMILES string of the molecule is CCC(C)C(C(=O)O)N(C)C(=O)C(F)(F)F. The smallest absolute Gasteiger partial charge is 0.471 e. The third-order valence-electron chi connectivity index (χ3n) is 2.42. The maximum atomic E-state index is 12.1. The molecule has 7 heteroatoms. The van der Waals surface area contributed by atoms with E-state index >= 15 is 0 Å². The van der Waals surface area contributed by atoms with E-state index in [0.29, 0.717) is 6.42 Å². The Morgan fingerprint density at radius 2 is 1.81 bits per heavy atom. The number of hydrogen-bond acceptors (Lipinski definition) is 2. The predicted octanol–water partition coefficient (Wildman–Crippen LogP) is 1.51. The van der Waals surface area contributed by atoms with Crippen molar-refractivity contribution in [1.29, 1.82) is 0 Å². The fourth-order valence-corrected chi connectivity index (χ4v) is 1.34. The molecule has 1 N–H and O–H groups in total. The largest absolute Gasteiger partial charge is 0.480 e. The first-order chi connectivity index (χ1) is 7.12. The lowest BCUT2D eigenvalue weighted by molar-refractivity contribution is -0.189. The van der Waals surface area contributed by atoms with E-state index in [-0.39, 0.29) is 4.90 Å². The first-order valence-corrected chi connectivity index (χ1v) is 4.69. The van der Waals surface area contributed by atoms with Crippen LogP contribution in [0.15, 0.2) is 0 Å². The molecule has 0 aromatic heterocycles. The van der Waals surface area contributed by atoms with Crippen LogP contribution < -0.4 is 0 Å². The van der Waals surface area contributed by atoms with Gasteiger partial charge in [0.05, 0.1) is 0 Å². The summed E-state index contributed by atoms with van der Waals surface area (Å²) in [6, 6.07) is -1.46. The number of alkyl halides is 3. The lowest BCUT2D eigenvalue weighted by Crippen LogP contribution is -2.50. The normalized spacial score (nSPS) is 15.4. The second-order valence-electron chi connectivity index (χ2n) is 3.58. The Kier molecular flexibility index (Phi) is 4.77. The van der Waals surface area contributed by atoms with Gasteiger partial charge in [-0.25, -0.2) is 4.79 Å². The summed E-state index contributed by atoms with van der Waals surface area (Å²) in [6.45, 7) is 3.13. The van der Waals surface area contributed by atoms with E-state index in [0.717, 1.165) is 7.05 Å². The molecule has 1 amide bonds. The molecule has 0 aliphatic rings. The van der Waals surface area contributed by atoms with Crippen LogP contribution in [0, 0.1) is 5.92 Å². The van der Waals surface area contributed by atoms with E-state index < -0.39 is 30.0 Å². The van der Waals surface area contributed by atoms with Crippen molar-refractivity contribution in [3.8, 4) is 0 Å². The number of halogens is 3. The van der Waals surface area contributed by atoms with Gasteiger partial charge >= 0.3 is 18.1 Å². The average molecular weight is 241 g/mol. The maximum Gasteiger partial charge on any atom is 0.471 e. The van der Waals surface area contributed by atoms with Gasteiger partial charge in [-0.15, -0.1) is 0 Å². The minimum absolute atomic E-state index is 0.233. The molecular weight excluding hydrogens is 227 g/mol. The average Bonchev–Trinajstić information content (AvgIpc) is 2.14. The second kappa shape index (κ2) is 5.18. The van der Waals surface area contributed by atoms with Crippen molar-refractivity contribution in [3.63, 3.8) is 0 Å². The Morgan fingerprint density at radius 3 is 2.06 bits per heavy atom. The molecule has 0 heterocycles. The zero-order valence-corrected chi connectivity index (χ0v) is 9.21. The first kappa shape index (κ1) is 14.7. The number of amides is 1. The van der Waals surface area contributed by atoms with Crippen LogP contribution in [0.3, 0.4) is 0 Å². The van der Waals surface area contributed by atoms with E-state index in [1.807, 2.05) is 0 Å². The van der Waals surface area contributed by atoms with Gasteiger partial charge < -0.3 is 10.0 Å². The van der Waals surface area contributed by atoms with Crippen LogP contribution >= 0.6 is 0 Å². The molecule has 0 spiro atoms. The van der Waals surface area contributed by atoms with Gasteiger partial charge in [0.1, 0.15) is 6.04 Å². The fraction of sp³-hybridized carbons (Fsp3) is 0.778. The molecule has 94 valence electrons. The van der Waals surface area contributed by atoms with Gasteiger partial charge in [0.2, 0.25) is 0 Å². The minimum atomic E-state index is -5.05. The quantitative estimate of drug-likeness (QED) is 0.811. The third-order valence-corrected chi connectivity index (χ3v) is 2.42. The topological polar surface area (TPSA) is 57.6 Å². The molecular formula is C9H14F3NO3. The number of carbonyl (C=O) groups excluding carboxylic acids is 1. The third kappa shape index (κ3) is 3.39. The highest BCUT2D eigenvalue weighted by atomic mass is 19.4. The van der Waals surface area contributed by atoms with Crippen molar-refractivity contribution < 1.29 is 27.9 Å². The Labute approximate surface area is 91.0 Å². The van der Waals surface area contributed by atoms with E-state index in [2.05, 4.69) is 0 Å². The zero-order valence-electron chi connectivity index (χ0n) is 9.21. The molecule has 16 heavy (non-hydrogen) atoms. The molecule has 0 aromatic rings. The number of likely N-dealkylation sites (N-methyl/N-ethyl adjacent to an activating group) is 1. The molecule has 2 unspecified atom stereocenters. The summed E-state index contributed by atoms with van der Waals surface area (Å²) in [5.74, 6) is -4.12.